The van der Waals surface area contributed by atoms with Gasteiger partial charge in [-0.25, -0.2) is 8.78 Å². The van der Waals surface area contributed by atoms with Gasteiger partial charge in [0.2, 0.25) is 11.8 Å². The van der Waals surface area contributed by atoms with Crippen LogP contribution in [0, 0.1) is 29.4 Å². The second kappa shape index (κ2) is 12.6. The highest BCUT2D eigenvalue weighted by Crippen LogP contribution is 2.53. The number of carbonyl (C=O) groups is 3. The number of hydrogen-bond donors (Lipinski definition) is 3. The summed E-state index contributed by atoms with van der Waals surface area (Å²) in [5, 5.41) is 9.12. The minimum Gasteiger partial charge on any atom is -0.496 e. The number of nitrogens with two attached hydrogens (primary N) is 1. The predicted octanol–water partition coefficient (Wildman–Crippen LogP) is 6.22. The van der Waals surface area contributed by atoms with E-state index in [1.807, 2.05) is 0 Å². The zero-order chi connectivity index (χ0) is 34.3. The van der Waals surface area contributed by atoms with E-state index >= 15 is 0 Å². The fraction of sp³-hybridized carbons (Fsp3) is 0.235. The van der Waals surface area contributed by atoms with E-state index in [9.17, 15) is 36.3 Å². The van der Waals surface area contributed by atoms with Gasteiger partial charge in [-0.3, -0.25) is 14.4 Å². The highest BCUT2D eigenvalue weighted by molar-refractivity contribution is 6.00. The van der Waals surface area contributed by atoms with Crippen molar-refractivity contribution < 1.29 is 45.6 Å². The molecule has 4 N–H and O–H groups in total. The summed E-state index contributed by atoms with van der Waals surface area (Å²) in [6.45, 7) is 0. The first-order valence-corrected chi connectivity index (χ1v) is 14.7. The normalized spacial score (nSPS) is 20.9. The van der Waals surface area contributed by atoms with E-state index in [2.05, 4.69) is 15.8 Å². The van der Waals surface area contributed by atoms with Crippen LogP contribution < -0.4 is 21.1 Å². The van der Waals surface area contributed by atoms with Crippen molar-refractivity contribution in [2.45, 2.75) is 25.1 Å². The number of fused-ring (bicyclic) bond motifs is 2. The molecule has 4 atom stereocenters. The smallest absolute Gasteiger partial charge is 0.419 e. The number of benzene rings is 3. The van der Waals surface area contributed by atoms with Crippen molar-refractivity contribution >= 4 is 29.5 Å². The maximum atomic E-state index is 14.9. The van der Waals surface area contributed by atoms with Crippen LogP contribution in [0.2, 0.25) is 0 Å². The number of hydrogen-bond acceptors (Lipinski definition) is 6. The average molecular weight is 667 g/mol. The number of rotatable bonds is 8. The van der Waals surface area contributed by atoms with Gasteiger partial charge in [-0.05, 0) is 72.9 Å². The number of aromatic nitrogens is 1. The summed E-state index contributed by atoms with van der Waals surface area (Å²) in [7, 11) is 1.34. The summed E-state index contributed by atoms with van der Waals surface area (Å²) in [5.74, 6) is -5.81. The van der Waals surface area contributed by atoms with E-state index in [0.29, 0.717) is 30.5 Å². The molecule has 6 rings (SSSR count). The van der Waals surface area contributed by atoms with Crippen molar-refractivity contribution in [1.29, 1.82) is 0 Å². The van der Waals surface area contributed by atoms with Crippen molar-refractivity contribution in [1.82, 2.24) is 10.5 Å². The molecule has 48 heavy (non-hydrogen) atoms. The van der Waals surface area contributed by atoms with E-state index in [4.69, 9.17) is 15.0 Å². The van der Waals surface area contributed by atoms with Crippen LogP contribution in [0.15, 0.2) is 77.2 Å². The largest absolute Gasteiger partial charge is 0.496 e. The van der Waals surface area contributed by atoms with Crippen molar-refractivity contribution in [2.75, 3.05) is 12.4 Å². The Bertz CT molecular complexity index is 1940. The number of halogens is 5. The number of ether oxygens (including phenoxy) is 1. The van der Waals surface area contributed by atoms with Gasteiger partial charge in [0.1, 0.15) is 23.6 Å². The lowest BCUT2D eigenvalue weighted by Gasteiger charge is -2.30. The molecule has 2 unspecified atom stereocenters. The second-order valence-corrected chi connectivity index (χ2v) is 11.6. The molecule has 9 nitrogen and oxygen atoms in total. The molecule has 2 saturated carbocycles. The van der Waals surface area contributed by atoms with Gasteiger partial charge in [-0.2, -0.15) is 13.2 Å². The zero-order valence-electron chi connectivity index (χ0n) is 25.1. The summed E-state index contributed by atoms with van der Waals surface area (Å²) in [6.07, 6.45) is 0.854. The van der Waals surface area contributed by atoms with E-state index in [-0.39, 0.29) is 39.6 Å². The molecule has 3 amide bonds. The Morgan fingerprint density at radius 3 is 2.44 bits per heavy atom. The third kappa shape index (κ3) is 6.12. The van der Waals surface area contributed by atoms with Gasteiger partial charge in [0, 0.05) is 34.3 Å². The molecule has 0 saturated heterocycles. The lowest BCUT2D eigenvalue weighted by atomic mass is 9.83. The zero-order valence-corrected chi connectivity index (χ0v) is 25.1. The maximum absolute atomic E-state index is 14.9. The van der Waals surface area contributed by atoms with E-state index in [0.717, 1.165) is 17.7 Å². The number of amides is 3. The maximum Gasteiger partial charge on any atom is 0.419 e. The molecule has 1 aromatic heterocycles. The first-order chi connectivity index (χ1) is 22.8. The number of methoxy groups -OCH3 is 1. The molecule has 4 aromatic rings. The van der Waals surface area contributed by atoms with Crippen molar-refractivity contribution in [3.63, 3.8) is 0 Å². The van der Waals surface area contributed by atoms with Gasteiger partial charge in [0.15, 0.2) is 0 Å². The van der Waals surface area contributed by atoms with E-state index in [1.165, 1.54) is 49.9 Å². The number of nitrogens with zero attached hydrogens (tertiary/aromatic N) is 1. The number of anilines is 1. The third-order valence-corrected chi connectivity index (χ3v) is 8.83. The van der Waals surface area contributed by atoms with Crippen LogP contribution in [0.4, 0.5) is 27.6 Å². The molecule has 14 heteroatoms. The molecule has 2 bridgehead atoms. The van der Waals surface area contributed by atoms with Gasteiger partial charge >= 0.3 is 6.18 Å². The Balaban J connectivity index is 1.35. The number of alkyl halides is 3. The van der Waals surface area contributed by atoms with Gasteiger partial charge in [-0.15, -0.1) is 0 Å². The molecule has 3 aromatic carbocycles. The van der Waals surface area contributed by atoms with Crippen molar-refractivity contribution in [3.8, 4) is 16.9 Å². The third-order valence-electron chi connectivity index (χ3n) is 8.83. The number of carbonyl (C=O) groups excluding carboxylic acids is 3. The fourth-order valence-electron chi connectivity index (χ4n) is 6.70. The summed E-state index contributed by atoms with van der Waals surface area (Å²) in [5.41, 5.74) is 5.33. The molecule has 2 aliphatic carbocycles. The molecule has 0 spiro atoms. The number of nitrogens with one attached hydrogen (secondary N) is 2. The molecule has 1 heterocycles. The second-order valence-electron chi connectivity index (χ2n) is 11.6. The summed E-state index contributed by atoms with van der Waals surface area (Å²) >= 11 is 0. The molecule has 2 aliphatic rings. The van der Waals surface area contributed by atoms with E-state index < -0.39 is 59.0 Å². The molecular formula is C34H27F5N4O5. The monoisotopic (exact) mass is 666 g/mol. The molecule has 2 fully saturated rings. The highest BCUT2D eigenvalue weighted by Gasteiger charge is 2.54. The minimum absolute atomic E-state index is 0.00118. The molecule has 0 aliphatic heterocycles. The minimum atomic E-state index is -4.99. The topological polar surface area (TPSA) is 137 Å². The van der Waals surface area contributed by atoms with Gasteiger partial charge < -0.3 is 25.6 Å². The Kier molecular flexibility index (Phi) is 8.50. The van der Waals surface area contributed by atoms with Crippen LogP contribution in [0.25, 0.3) is 17.2 Å². The Morgan fingerprint density at radius 2 is 1.75 bits per heavy atom. The first-order valence-electron chi connectivity index (χ1n) is 14.7. The quantitative estimate of drug-likeness (QED) is 0.191. The van der Waals surface area contributed by atoms with Crippen LogP contribution >= 0.6 is 0 Å². The summed E-state index contributed by atoms with van der Waals surface area (Å²) in [6, 6.07) is 9.26. The number of primary amides is 1. The Morgan fingerprint density at radius 1 is 1.00 bits per heavy atom. The highest BCUT2D eigenvalue weighted by atomic mass is 19.4. The lowest BCUT2D eigenvalue weighted by molar-refractivity contribution is -0.140. The SMILES string of the molecule is COc1ccc(-c2cc(C(N)=O)ccc2F)cc1C(=O)N[C@@H]1C2CCC(/C2=C/c2cnoc2)[C@@H]1C(=O)Nc1ccc(F)c(C(F)(F)F)c1. The van der Waals surface area contributed by atoms with Crippen molar-refractivity contribution in [2.24, 2.45) is 23.5 Å². The van der Waals surface area contributed by atoms with Crippen LogP contribution in [-0.2, 0) is 11.0 Å². The lowest BCUT2D eigenvalue weighted by Crippen LogP contribution is -2.48. The average Bonchev–Trinajstić information content (AvgIpc) is 3.78. The Hall–Kier alpha value is -5.53. The molecular weight excluding hydrogens is 639 g/mol. The fourth-order valence-corrected chi connectivity index (χ4v) is 6.70. The van der Waals surface area contributed by atoms with Gasteiger partial charge in [0.05, 0.1) is 30.4 Å². The standard InChI is InChI=1S/C34H27F5N4O5/c1-47-28-9-3-17(22-12-18(31(40)44)2-7-26(22)35)11-24(28)32(45)43-30-21-6-5-20(23(21)10-16-14-41-48-15-16)29(30)33(46)42-19-4-8-27(36)25(13-19)34(37,38)39/h2-4,7-15,20-21,29-30H,5-6H2,1H3,(H2,40,44)(H,42,46)(H,43,45)/b23-10-/t20?,21?,29-,30+/m0/s1. The molecule has 0 radical (unpaired) electrons. The van der Waals surface area contributed by atoms with Gasteiger partial charge in [0.25, 0.3) is 5.91 Å². The Labute approximate surface area is 269 Å². The first kappa shape index (κ1) is 32.4. The summed E-state index contributed by atoms with van der Waals surface area (Å²) < 4.78 is 79.3. The van der Waals surface area contributed by atoms with Crippen LogP contribution in [0.1, 0.15) is 44.7 Å². The molecule has 248 valence electrons. The van der Waals surface area contributed by atoms with E-state index in [1.54, 1.807) is 6.08 Å². The van der Waals surface area contributed by atoms with Gasteiger partial charge in [-0.1, -0.05) is 22.9 Å². The van der Waals surface area contributed by atoms with Crippen LogP contribution in [0.3, 0.4) is 0 Å². The summed E-state index contributed by atoms with van der Waals surface area (Å²) in [4.78, 5) is 39.5. The van der Waals surface area contributed by atoms with Crippen LogP contribution in [-0.4, -0.2) is 36.0 Å². The van der Waals surface area contributed by atoms with Crippen molar-refractivity contribution in [3.05, 3.63) is 107 Å². The van der Waals surface area contributed by atoms with Crippen LogP contribution in [0.5, 0.6) is 5.75 Å². The predicted molar refractivity (Wildman–Crippen MR) is 162 cm³/mol.